The van der Waals surface area contributed by atoms with Gasteiger partial charge in [-0.3, -0.25) is 24.5 Å². The SMILES string of the molecule is O=C1CCC(N2Cc3cc(-n4cc(C(=O)NCc5c[nH]c6ccccc56)nn4)ccc3C2=O)C(=O)N1. The molecule has 6 rings (SSSR count). The van der Waals surface area contributed by atoms with E-state index in [2.05, 4.69) is 25.9 Å². The quantitative estimate of drug-likeness (QED) is 0.367. The zero-order valence-corrected chi connectivity index (χ0v) is 19.0. The summed E-state index contributed by atoms with van der Waals surface area (Å²) in [4.78, 5) is 53.9. The van der Waals surface area contributed by atoms with Crippen molar-refractivity contribution in [2.45, 2.75) is 32.0 Å². The van der Waals surface area contributed by atoms with Crippen molar-refractivity contribution < 1.29 is 19.2 Å². The molecular weight excluding hydrogens is 462 g/mol. The maximum absolute atomic E-state index is 12.9. The van der Waals surface area contributed by atoms with Crippen LogP contribution in [0.25, 0.3) is 16.6 Å². The number of imide groups is 1. The van der Waals surface area contributed by atoms with Gasteiger partial charge in [0.05, 0.1) is 11.9 Å². The third-order valence-corrected chi connectivity index (χ3v) is 6.61. The molecule has 180 valence electrons. The summed E-state index contributed by atoms with van der Waals surface area (Å²) in [6, 6.07) is 12.4. The predicted molar refractivity (Wildman–Crippen MR) is 127 cm³/mol. The number of aromatic nitrogens is 4. The van der Waals surface area contributed by atoms with Crippen LogP contribution in [0.3, 0.4) is 0 Å². The Morgan fingerprint density at radius 2 is 2.00 bits per heavy atom. The van der Waals surface area contributed by atoms with Crippen molar-refractivity contribution in [2.24, 2.45) is 0 Å². The number of carbonyl (C=O) groups is 4. The molecule has 4 aromatic rings. The molecule has 0 radical (unpaired) electrons. The number of piperidine rings is 1. The van der Waals surface area contributed by atoms with Gasteiger partial charge in [0.25, 0.3) is 11.8 Å². The number of aromatic amines is 1. The summed E-state index contributed by atoms with van der Waals surface area (Å²) in [5.41, 5.74) is 4.00. The molecule has 0 spiro atoms. The van der Waals surface area contributed by atoms with Crippen molar-refractivity contribution in [2.75, 3.05) is 0 Å². The van der Waals surface area contributed by atoms with E-state index in [0.29, 0.717) is 24.2 Å². The standard InChI is InChI=1S/C25H21N7O4/c33-22-8-7-21(24(35)28-22)31-12-14-9-16(5-6-18(14)25(31)36)32-13-20(29-30-32)23(34)27-11-15-10-26-19-4-2-1-3-17(15)19/h1-6,9-10,13,21,26H,7-8,11-12H2,(H,27,34)(H,28,33,35). The molecule has 3 N–H and O–H groups in total. The number of nitrogens with one attached hydrogen (secondary N) is 3. The first-order chi connectivity index (χ1) is 17.5. The van der Waals surface area contributed by atoms with Crippen LogP contribution in [-0.2, 0) is 22.7 Å². The van der Waals surface area contributed by atoms with Gasteiger partial charge in [-0.25, -0.2) is 4.68 Å². The molecule has 1 fully saturated rings. The molecule has 2 aromatic carbocycles. The highest BCUT2D eigenvalue weighted by Gasteiger charge is 2.39. The first-order valence-electron chi connectivity index (χ1n) is 11.5. The Kier molecular flexibility index (Phi) is 5.10. The maximum Gasteiger partial charge on any atom is 0.273 e. The Morgan fingerprint density at radius 1 is 1.14 bits per heavy atom. The van der Waals surface area contributed by atoms with Crippen LogP contribution in [0.1, 0.15) is 44.8 Å². The molecule has 1 saturated heterocycles. The fraction of sp³-hybridized carbons (Fsp3) is 0.200. The summed E-state index contributed by atoms with van der Waals surface area (Å²) in [5, 5.41) is 14.3. The number of hydrogen-bond acceptors (Lipinski definition) is 6. The lowest BCUT2D eigenvalue weighted by atomic mass is 10.0. The van der Waals surface area contributed by atoms with Crippen molar-refractivity contribution in [3.63, 3.8) is 0 Å². The van der Waals surface area contributed by atoms with Crippen molar-refractivity contribution in [3.8, 4) is 5.69 Å². The van der Waals surface area contributed by atoms with E-state index in [4.69, 9.17) is 0 Å². The molecule has 11 heteroatoms. The second kappa shape index (κ2) is 8.45. The molecule has 0 bridgehead atoms. The molecule has 4 amide bonds. The number of para-hydroxylation sites is 1. The Morgan fingerprint density at radius 3 is 2.86 bits per heavy atom. The molecular formula is C25H21N7O4. The lowest BCUT2D eigenvalue weighted by Crippen LogP contribution is -2.52. The number of rotatable bonds is 5. The van der Waals surface area contributed by atoms with Crippen molar-refractivity contribution >= 4 is 34.5 Å². The largest absolute Gasteiger partial charge is 0.361 e. The number of benzene rings is 2. The van der Waals surface area contributed by atoms with Crippen LogP contribution in [0, 0.1) is 0 Å². The molecule has 2 aliphatic heterocycles. The van der Waals surface area contributed by atoms with E-state index in [1.807, 2.05) is 30.5 Å². The van der Waals surface area contributed by atoms with Gasteiger partial charge in [0, 0.05) is 42.2 Å². The van der Waals surface area contributed by atoms with Crippen LogP contribution in [-0.4, -0.2) is 54.5 Å². The molecule has 2 aromatic heterocycles. The number of hydrogen-bond donors (Lipinski definition) is 3. The number of H-pyrrole nitrogens is 1. The van der Waals surface area contributed by atoms with Crippen molar-refractivity contribution in [1.82, 2.24) is 35.5 Å². The van der Waals surface area contributed by atoms with Crippen molar-refractivity contribution in [3.05, 3.63) is 77.2 Å². The molecule has 1 atom stereocenters. The molecule has 2 aliphatic rings. The van der Waals surface area contributed by atoms with E-state index < -0.39 is 11.9 Å². The summed E-state index contributed by atoms with van der Waals surface area (Å²) >= 11 is 0. The first kappa shape index (κ1) is 21.7. The van der Waals surface area contributed by atoms with Crippen LogP contribution in [0.2, 0.25) is 0 Å². The highest BCUT2D eigenvalue weighted by molar-refractivity contribution is 6.05. The lowest BCUT2D eigenvalue weighted by Gasteiger charge is -2.29. The van der Waals surface area contributed by atoms with Gasteiger partial charge < -0.3 is 15.2 Å². The molecule has 36 heavy (non-hydrogen) atoms. The van der Waals surface area contributed by atoms with Crippen LogP contribution >= 0.6 is 0 Å². The van der Waals surface area contributed by atoms with Gasteiger partial charge in [0.2, 0.25) is 11.8 Å². The first-order valence-corrected chi connectivity index (χ1v) is 11.5. The number of carbonyl (C=O) groups excluding carboxylic acids is 4. The second-order valence-corrected chi connectivity index (χ2v) is 8.83. The van der Waals surface area contributed by atoms with Crippen molar-refractivity contribution in [1.29, 1.82) is 0 Å². The predicted octanol–water partition coefficient (Wildman–Crippen LogP) is 1.44. The summed E-state index contributed by atoms with van der Waals surface area (Å²) in [5.74, 6) is -1.38. The molecule has 0 aliphatic carbocycles. The zero-order chi connectivity index (χ0) is 24.8. The molecule has 1 unspecified atom stereocenters. The van der Waals surface area contributed by atoms with Gasteiger partial charge in [0.1, 0.15) is 6.04 Å². The monoisotopic (exact) mass is 483 g/mol. The average molecular weight is 483 g/mol. The van der Waals surface area contributed by atoms with E-state index in [0.717, 1.165) is 22.0 Å². The number of nitrogens with zero attached hydrogens (tertiary/aromatic N) is 4. The van der Waals surface area contributed by atoms with Crippen LogP contribution < -0.4 is 10.6 Å². The van der Waals surface area contributed by atoms with E-state index in [1.165, 1.54) is 15.8 Å². The Bertz CT molecular complexity index is 1550. The van der Waals surface area contributed by atoms with Crippen LogP contribution in [0.15, 0.2) is 54.9 Å². The normalized spacial score (nSPS) is 17.4. The number of amides is 4. The fourth-order valence-electron chi connectivity index (χ4n) is 4.74. The minimum atomic E-state index is -0.676. The lowest BCUT2D eigenvalue weighted by molar-refractivity contribution is -0.136. The van der Waals surface area contributed by atoms with Gasteiger partial charge in [-0.05, 0) is 41.8 Å². The second-order valence-electron chi connectivity index (χ2n) is 8.83. The third kappa shape index (κ3) is 3.70. The summed E-state index contributed by atoms with van der Waals surface area (Å²) < 4.78 is 1.47. The van der Waals surface area contributed by atoms with Gasteiger partial charge in [0.15, 0.2) is 5.69 Å². The minimum absolute atomic E-state index is 0.164. The Hall–Kier alpha value is -4.80. The summed E-state index contributed by atoms with van der Waals surface area (Å²) in [7, 11) is 0. The fourth-order valence-corrected chi connectivity index (χ4v) is 4.74. The highest BCUT2D eigenvalue weighted by Crippen LogP contribution is 2.29. The Balaban J connectivity index is 1.16. The molecule has 0 saturated carbocycles. The molecule has 4 heterocycles. The highest BCUT2D eigenvalue weighted by atomic mass is 16.2. The van der Waals surface area contributed by atoms with Gasteiger partial charge in [-0.15, -0.1) is 5.10 Å². The van der Waals surface area contributed by atoms with E-state index in [-0.39, 0.29) is 36.4 Å². The van der Waals surface area contributed by atoms with E-state index in [9.17, 15) is 19.2 Å². The molecule has 11 nitrogen and oxygen atoms in total. The van der Waals surface area contributed by atoms with Gasteiger partial charge in [-0.1, -0.05) is 23.4 Å². The smallest absolute Gasteiger partial charge is 0.273 e. The topological polar surface area (TPSA) is 142 Å². The number of fused-ring (bicyclic) bond motifs is 2. The van der Waals surface area contributed by atoms with E-state index >= 15 is 0 Å². The van der Waals surface area contributed by atoms with Crippen LogP contribution in [0.5, 0.6) is 0 Å². The summed E-state index contributed by atoms with van der Waals surface area (Å²) in [6.07, 6.45) is 3.90. The maximum atomic E-state index is 12.9. The van der Waals surface area contributed by atoms with E-state index in [1.54, 1.807) is 18.2 Å². The average Bonchev–Trinajstić information content (AvgIpc) is 3.60. The summed E-state index contributed by atoms with van der Waals surface area (Å²) in [6.45, 7) is 0.591. The Labute approximate surface area is 204 Å². The van der Waals surface area contributed by atoms with Crippen LogP contribution in [0.4, 0.5) is 0 Å². The third-order valence-electron chi connectivity index (χ3n) is 6.61. The van der Waals surface area contributed by atoms with Gasteiger partial charge >= 0.3 is 0 Å². The van der Waals surface area contributed by atoms with Gasteiger partial charge in [-0.2, -0.15) is 0 Å². The minimum Gasteiger partial charge on any atom is -0.361 e. The zero-order valence-electron chi connectivity index (χ0n) is 19.0.